The molecule has 0 aliphatic rings. The van der Waals surface area contributed by atoms with Crippen LogP contribution in [-0.2, 0) is 0 Å². The zero-order valence-corrected chi connectivity index (χ0v) is 9.32. The number of hydrogen-bond acceptors (Lipinski definition) is 1. The first kappa shape index (κ1) is 11.7. The Labute approximate surface area is 98.3 Å². The second kappa shape index (κ2) is 4.63. The molecule has 0 aromatic heterocycles. The van der Waals surface area contributed by atoms with E-state index in [4.69, 9.17) is 0 Å². The summed E-state index contributed by atoms with van der Waals surface area (Å²) in [6, 6.07) is 10.0. The van der Waals surface area contributed by atoms with Crippen molar-refractivity contribution in [2.75, 3.05) is 0 Å². The lowest BCUT2D eigenvalue weighted by atomic mass is 10.00. The van der Waals surface area contributed by atoms with E-state index in [0.717, 1.165) is 0 Å². The fourth-order valence-electron chi connectivity index (χ4n) is 1.68. The molecule has 0 fully saturated rings. The van der Waals surface area contributed by atoms with Gasteiger partial charge >= 0.3 is 0 Å². The zero-order chi connectivity index (χ0) is 12.4. The first-order valence-electron chi connectivity index (χ1n) is 5.27. The molecule has 2 aromatic rings. The Hall–Kier alpha value is -1.74. The maximum Gasteiger partial charge on any atom is 0.126 e. The lowest BCUT2D eigenvalue weighted by molar-refractivity contribution is 0.220. The molecule has 1 nitrogen and oxygen atoms in total. The lowest BCUT2D eigenvalue weighted by Gasteiger charge is -2.12. The minimum Gasteiger partial charge on any atom is -0.384 e. The number of aliphatic hydroxyl groups excluding tert-OH is 1. The van der Waals surface area contributed by atoms with Crippen molar-refractivity contribution in [2.45, 2.75) is 13.0 Å². The second-order valence-electron chi connectivity index (χ2n) is 3.96. The van der Waals surface area contributed by atoms with Gasteiger partial charge in [0.1, 0.15) is 17.7 Å². The van der Waals surface area contributed by atoms with Gasteiger partial charge < -0.3 is 5.11 Å². The van der Waals surface area contributed by atoms with Gasteiger partial charge in [0.25, 0.3) is 0 Å². The summed E-state index contributed by atoms with van der Waals surface area (Å²) in [7, 11) is 0. The highest BCUT2D eigenvalue weighted by Crippen LogP contribution is 2.23. The van der Waals surface area contributed by atoms with Crippen LogP contribution in [0.3, 0.4) is 0 Å². The highest BCUT2D eigenvalue weighted by Gasteiger charge is 2.11. The highest BCUT2D eigenvalue weighted by molar-refractivity contribution is 5.32. The van der Waals surface area contributed by atoms with Gasteiger partial charge in [-0.15, -0.1) is 0 Å². The topological polar surface area (TPSA) is 20.2 Å². The molecule has 3 heteroatoms. The van der Waals surface area contributed by atoms with E-state index in [2.05, 4.69) is 0 Å². The van der Waals surface area contributed by atoms with Crippen molar-refractivity contribution in [3.63, 3.8) is 0 Å². The molecule has 88 valence electrons. The first-order chi connectivity index (χ1) is 8.08. The minimum absolute atomic E-state index is 0.306. The Morgan fingerprint density at radius 2 is 1.53 bits per heavy atom. The van der Waals surface area contributed by atoms with E-state index in [1.807, 2.05) is 0 Å². The van der Waals surface area contributed by atoms with E-state index in [1.165, 1.54) is 36.4 Å². The van der Waals surface area contributed by atoms with Gasteiger partial charge in [0.2, 0.25) is 0 Å². The van der Waals surface area contributed by atoms with Crippen LogP contribution in [0.4, 0.5) is 8.78 Å². The van der Waals surface area contributed by atoms with Crippen molar-refractivity contribution in [1.29, 1.82) is 0 Å². The molecule has 1 N–H and O–H groups in total. The summed E-state index contributed by atoms with van der Waals surface area (Å²) in [5, 5.41) is 10.1. The van der Waals surface area contributed by atoms with Crippen LogP contribution >= 0.6 is 0 Å². The van der Waals surface area contributed by atoms with Crippen molar-refractivity contribution >= 4 is 0 Å². The molecule has 0 aliphatic heterocycles. The van der Waals surface area contributed by atoms with E-state index in [9.17, 15) is 13.9 Å². The van der Waals surface area contributed by atoms with Crippen LogP contribution in [0.1, 0.15) is 22.8 Å². The van der Waals surface area contributed by atoms with Crippen LogP contribution in [-0.4, -0.2) is 5.11 Å². The van der Waals surface area contributed by atoms with E-state index in [1.54, 1.807) is 13.0 Å². The van der Waals surface area contributed by atoms with Gasteiger partial charge in [-0.2, -0.15) is 0 Å². The number of aryl methyl sites for hydroxylation is 1. The van der Waals surface area contributed by atoms with Gasteiger partial charge in [-0.3, -0.25) is 0 Å². The maximum atomic E-state index is 13.1. The zero-order valence-electron chi connectivity index (χ0n) is 9.32. The molecule has 0 heterocycles. The number of aliphatic hydroxyl groups is 1. The summed E-state index contributed by atoms with van der Waals surface area (Å²) in [5.74, 6) is -0.656. The smallest absolute Gasteiger partial charge is 0.126 e. The summed E-state index contributed by atoms with van der Waals surface area (Å²) in [5.41, 5.74) is 1.65. The molecule has 2 rings (SSSR count). The summed E-state index contributed by atoms with van der Waals surface area (Å²) >= 11 is 0. The molecule has 17 heavy (non-hydrogen) atoms. The largest absolute Gasteiger partial charge is 0.384 e. The number of rotatable bonds is 2. The van der Waals surface area contributed by atoms with Crippen LogP contribution in [0.25, 0.3) is 0 Å². The monoisotopic (exact) mass is 234 g/mol. The first-order valence-corrected chi connectivity index (χ1v) is 5.27. The van der Waals surface area contributed by atoms with Crippen molar-refractivity contribution in [3.05, 3.63) is 70.8 Å². The third-order valence-corrected chi connectivity index (χ3v) is 2.68. The van der Waals surface area contributed by atoms with Gasteiger partial charge in [0.15, 0.2) is 0 Å². The van der Waals surface area contributed by atoms with Gasteiger partial charge in [0, 0.05) is 0 Å². The maximum absolute atomic E-state index is 13.1. The van der Waals surface area contributed by atoms with Gasteiger partial charge in [-0.05, 0) is 41.8 Å². The minimum atomic E-state index is -0.866. The molecule has 0 radical (unpaired) electrons. The van der Waals surface area contributed by atoms with Crippen molar-refractivity contribution in [3.8, 4) is 0 Å². The highest BCUT2D eigenvalue weighted by atomic mass is 19.1. The summed E-state index contributed by atoms with van der Waals surface area (Å²) in [6.45, 7) is 1.64. The fourth-order valence-corrected chi connectivity index (χ4v) is 1.68. The summed E-state index contributed by atoms with van der Waals surface area (Å²) < 4.78 is 25.8. The average molecular weight is 234 g/mol. The van der Waals surface area contributed by atoms with Gasteiger partial charge in [0.05, 0.1) is 0 Å². The van der Waals surface area contributed by atoms with Crippen LogP contribution < -0.4 is 0 Å². The number of halogens is 2. The molecule has 0 spiro atoms. The van der Waals surface area contributed by atoms with Gasteiger partial charge in [-0.25, -0.2) is 8.78 Å². The predicted molar refractivity (Wildman–Crippen MR) is 61.6 cm³/mol. The number of hydrogen-bond donors (Lipinski definition) is 1. The van der Waals surface area contributed by atoms with Crippen molar-refractivity contribution in [2.24, 2.45) is 0 Å². The lowest BCUT2D eigenvalue weighted by Crippen LogP contribution is -2.00. The molecular weight excluding hydrogens is 222 g/mol. The Kier molecular flexibility index (Phi) is 3.20. The van der Waals surface area contributed by atoms with E-state index in [-0.39, 0.29) is 11.6 Å². The normalized spacial score (nSPS) is 12.5. The van der Waals surface area contributed by atoms with Crippen LogP contribution in [0.2, 0.25) is 0 Å². The Balaban J connectivity index is 2.33. The average Bonchev–Trinajstić information content (AvgIpc) is 2.33. The van der Waals surface area contributed by atoms with Crippen LogP contribution in [0.15, 0.2) is 42.5 Å². The molecule has 0 saturated carbocycles. The Bertz CT molecular complexity index is 520. The molecule has 1 unspecified atom stereocenters. The standard InChI is InChI=1S/C14H12F2O/c1-9-8-11(4-7-13(9)16)14(17)10-2-5-12(15)6-3-10/h2-8,14,17H,1H3. The van der Waals surface area contributed by atoms with Crippen LogP contribution in [0, 0.1) is 18.6 Å². The van der Waals surface area contributed by atoms with Crippen molar-refractivity contribution < 1.29 is 13.9 Å². The molecule has 0 aliphatic carbocycles. The predicted octanol–water partition coefficient (Wildman–Crippen LogP) is 3.35. The van der Waals surface area contributed by atoms with E-state index in [0.29, 0.717) is 16.7 Å². The third-order valence-electron chi connectivity index (χ3n) is 2.68. The second-order valence-corrected chi connectivity index (χ2v) is 3.96. The van der Waals surface area contributed by atoms with Crippen molar-refractivity contribution in [1.82, 2.24) is 0 Å². The van der Waals surface area contributed by atoms with Gasteiger partial charge in [-0.1, -0.05) is 24.3 Å². The number of benzene rings is 2. The Morgan fingerprint density at radius 3 is 2.12 bits per heavy atom. The molecule has 0 saturated heterocycles. The Morgan fingerprint density at radius 1 is 0.941 bits per heavy atom. The third kappa shape index (κ3) is 2.50. The summed E-state index contributed by atoms with van der Waals surface area (Å²) in [6.07, 6.45) is -0.866. The molecular formula is C14H12F2O. The fraction of sp³-hybridized carbons (Fsp3) is 0.143. The SMILES string of the molecule is Cc1cc(C(O)c2ccc(F)cc2)ccc1F. The quantitative estimate of drug-likeness (QED) is 0.844. The van der Waals surface area contributed by atoms with E-state index < -0.39 is 6.10 Å². The molecule has 0 bridgehead atoms. The van der Waals surface area contributed by atoms with E-state index >= 15 is 0 Å². The molecule has 2 aromatic carbocycles. The molecule has 0 amide bonds. The summed E-state index contributed by atoms with van der Waals surface area (Å²) in [4.78, 5) is 0. The van der Waals surface area contributed by atoms with Crippen LogP contribution in [0.5, 0.6) is 0 Å². The molecule has 1 atom stereocenters.